The number of benzene rings is 1. The van der Waals surface area contributed by atoms with Crippen LogP contribution in [0.5, 0.6) is 0 Å². The number of rotatable bonds is 8. The monoisotopic (exact) mass is 457 g/mol. The molecule has 9 heteroatoms. The molecule has 1 aliphatic rings. The average molecular weight is 458 g/mol. The normalized spacial score (nSPS) is 14.2. The molecule has 0 unspecified atom stereocenters. The van der Waals surface area contributed by atoms with Gasteiger partial charge in [0, 0.05) is 26.2 Å². The summed E-state index contributed by atoms with van der Waals surface area (Å²) in [4.78, 5) is 37.1. The molecule has 1 saturated heterocycles. The van der Waals surface area contributed by atoms with E-state index in [1.807, 2.05) is 37.3 Å². The lowest BCUT2D eigenvalue weighted by Gasteiger charge is -2.25. The predicted octanol–water partition coefficient (Wildman–Crippen LogP) is 3.66. The maximum Gasteiger partial charge on any atom is 0.273 e. The second-order valence-electron chi connectivity index (χ2n) is 7.60. The second-order valence-corrected chi connectivity index (χ2v) is 9.52. The van der Waals surface area contributed by atoms with Gasteiger partial charge in [0.15, 0.2) is 15.9 Å². The lowest BCUT2D eigenvalue weighted by Crippen LogP contribution is -2.29. The molecule has 1 aromatic carbocycles. The number of nitrogens with zero attached hydrogens (tertiary/aromatic N) is 4. The van der Waals surface area contributed by atoms with Crippen LogP contribution in [-0.2, 0) is 17.9 Å². The maximum absolute atomic E-state index is 13.2. The fourth-order valence-corrected chi connectivity index (χ4v) is 5.46. The highest BCUT2D eigenvalue weighted by Crippen LogP contribution is 2.29. The summed E-state index contributed by atoms with van der Waals surface area (Å²) in [5.74, 6) is 0.121. The Bertz CT molecular complexity index is 1090. The Morgan fingerprint density at radius 3 is 2.68 bits per heavy atom. The minimum absolute atomic E-state index is 0.0557. The van der Waals surface area contributed by atoms with Crippen molar-refractivity contribution in [2.45, 2.75) is 50.9 Å². The van der Waals surface area contributed by atoms with Crippen molar-refractivity contribution in [3.8, 4) is 0 Å². The van der Waals surface area contributed by atoms with Crippen LogP contribution in [0.2, 0.25) is 0 Å². The number of carbonyl (C=O) groups excluding carboxylic acids is 1. The van der Waals surface area contributed by atoms with Crippen molar-refractivity contribution >= 4 is 44.5 Å². The number of nitrogens with one attached hydrogen (secondary N) is 1. The number of amides is 1. The molecular weight excluding hydrogens is 430 g/mol. The van der Waals surface area contributed by atoms with Crippen molar-refractivity contribution in [3.63, 3.8) is 0 Å². The third kappa shape index (κ3) is 5.27. The van der Waals surface area contributed by atoms with Gasteiger partial charge in [0.1, 0.15) is 4.70 Å². The number of piperidine rings is 1. The Kier molecular flexibility index (Phi) is 7.24. The third-order valence-electron chi connectivity index (χ3n) is 5.21. The lowest BCUT2D eigenvalue weighted by molar-refractivity contribution is -0.118. The molecule has 2 aromatic heterocycles. The van der Waals surface area contributed by atoms with Crippen LogP contribution >= 0.6 is 23.1 Å². The summed E-state index contributed by atoms with van der Waals surface area (Å²) in [5.41, 5.74) is 1.49. The van der Waals surface area contributed by atoms with Crippen molar-refractivity contribution in [1.29, 1.82) is 0 Å². The van der Waals surface area contributed by atoms with E-state index in [1.54, 1.807) is 4.57 Å². The predicted molar refractivity (Wildman–Crippen MR) is 127 cm³/mol. The van der Waals surface area contributed by atoms with Crippen molar-refractivity contribution in [2.75, 3.05) is 23.7 Å². The minimum Gasteiger partial charge on any atom is -0.351 e. The van der Waals surface area contributed by atoms with Crippen LogP contribution < -0.4 is 15.8 Å². The second kappa shape index (κ2) is 10.3. The zero-order chi connectivity index (χ0) is 21.6. The van der Waals surface area contributed by atoms with E-state index < -0.39 is 0 Å². The maximum atomic E-state index is 13.2. The van der Waals surface area contributed by atoms with Gasteiger partial charge in [-0.2, -0.15) is 4.98 Å². The van der Waals surface area contributed by atoms with Crippen molar-refractivity contribution in [1.82, 2.24) is 19.9 Å². The van der Waals surface area contributed by atoms with Crippen molar-refractivity contribution in [2.24, 2.45) is 0 Å². The van der Waals surface area contributed by atoms with E-state index >= 15 is 0 Å². The Morgan fingerprint density at radius 1 is 1.16 bits per heavy atom. The summed E-state index contributed by atoms with van der Waals surface area (Å²) >= 11 is 2.73. The summed E-state index contributed by atoms with van der Waals surface area (Å²) in [7, 11) is 0. The standard InChI is InChI=1S/C22H27N5O2S2/c1-2-11-27-20(29)18-19(24-21(31-18)26-12-7-4-8-13-26)25-22(27)30-15-17(28)23-14-16-9-5-3-6-10-16/h3,5-6,9-10H,2,4,7-8,11-15H2,1H3,(H,23,28). The highest BCUT2D eigenvalue weighted by Gasteiger charge is 2.20. The van der Waals surface area contributed by atoms with Gasteiger partial charge in [-0.3, -0.25) is 14.2 Å². The number of anilines is 1. The van der Waals surface area contributed by atoms with Crippen LogP contribution in [0.3, 0.4) is 0 Å². The average Bonchev–Trinajstić information content (AvgIpc) is 3.24. The Hall–Kier alpha value is -2.39. The molecule has 0 radical (unpaired) electrons. The molecular formula is C22H27N5O2S2. The van der Waals surface area contributed by atoms with Crippen LogP contribution in [0.25, 0.3) is 10.3 Å². The summed E-state index contributed by atoms with van der Waals surface area (Å²) in [6, 6.07) is 9.80. The molecule has 1 fully saturated rings. The molecule has 1 aliphatic heterocycles. The fourth-order valence-electron chi connectivity index (χ4n) is 3.61. The largest absolute Gasteiger partial charge is 0.351 e. The number of aromatic nitrogens is 3. The topological polar surface area (TPSA) is 80.1 Å². The molecule has 7 nitrogen and oxygen atoms in total. The smallest absolute Gasteiger partial charge is 0.273 e. The van der Waals surface area contributed by atoms with Crippen LogP contribution in [0.1, 0.15) is 38.2 Å². The highest BCUT2D eigenvalue weighted by atomic mass is 32.2. The number of thiazole rings is 1. The molecule has 31 heavy (non-hydrogen) atoms. The Labute approximate surface area is 189 Å². The van der Waals surface area contributed by atoms with Gasteiger partial charge in [-0.1, -0.05) is 60.4 Å². The molecule has 0 atom stereocenters. The van der Waals surface area contributed by atoms with Gasteiger partial charge in [-0.05, 0) is 31.2 Å². The van der Waals surface area contributed by atoms with Crippen LogP contribution in [0.4, 0.5) is 5.13 Å². The molecule has 3 heterocycles. The first-order valence-corrected chi connectivity index (χ1v) is 12.6. The van der Waals surface area contributed by atoms with E-state index in [4.69, 9.17) is 0 Å². The SMILES string of the molecule is CCCn1c(SCC(=O)NCc2ccccc2)nc2nc(N3CCCCC3)sc2c1=O. The number of fused-ring (bicyclic) bond motifs is 1. The zero-order valence-electron chi connectivity index (χ0n) is 17.7. The van der Waals surface area contributed by atoms with Crippen molar-refractivity contribution < 1.29 is 4.79 Å². The molecule has 0 spiro atoms. The molecule has 1 amide bonds. The molecule has 0 saturated carbocycles. The Balaban J connectivity index is 1.50. The first-order valence-electron chi connectivity index (χ1n) is 10.8. The van der Waals surface area contributed by atoms with Gasteiger partial charge in [0.2, 0.25) is 5.91 Å². The van der Waals surface area contributed by atoms with Gasteiger partial charge in [0.05, 0.1) is 5.75 Å². The lowest BCUT2D eigenvalue weighted by atomic mass is 10.1. The van der Waals surface area contributed by atoms with Crippen LogP contribution in [-0.4, -0.2) is 39.3 Å². The van der Waals surface area contributed by atoms with Gasteiger partial charge in [0.25, 0.3) is 5.56 Å². The quantitative estimate of drug-likeness (QED) is 0.411. The highest BCUT2D eigenvalue weighted by molar-refractivity contribution is 7.99. The van der Waals surface area contributed by atoms with E-state index in [9.17, 15) is 9.59 Å². The summed E-state index contributed by atoms with van der Waals surface area (Å²) in [6.45, 7) is 5.05. The summed E-state index contributed by atoms with van der Waals surface area (Å²) in [5, 5.41) is 4.36. The fraction of sp³-hybridized carbons (Fsp3) is 0.455. The van der Waals surface area contributed by atoms with Gasteiger partial charge >= 0.3 is 0 Å². The first kappa shape index (κ1) is 21.8. The van der Waals surface area contributed by atoms with E-state index in [2.05, 4.69) is 20.2 Å². The molecule has 164 valence electrons. The van der Waals surface area contributed by atoms with E-state index in [0.29, 0.717) is 28.6 Å². The molecule has 0 aliphatic carbocycles. The van der Waals surface area contributed by atoms with E-state index in [-0.39, 0.29) is 17.2 Å². The molecule has 4 rings (SSSR count). The van der Waals surface area contributed by atoms with Gasteiger partial charge < -0.3 is 10.2 Å². The number of hydrogen-bond acceptors (Lipinski definition) is 7. The van der Waals surface area contributed by atoms with E-state index in [1.165, 1.54) is 29.5 Å². The summed E-state index contributed by atoms with van der Waals surface area (Å²) in [6.07, 6.45) is 4.37. The van der Waals surface area contributed by atoms with Gasteiger partial charge in [-0.15, -0.1) is 0 Å². The number of carbonyl (C=O) groups is 1. The molecule has 1 N–H and O–H groups in total. The first-order chi connectivity index (χ1) is 15.2. The zero-order valence-corrected chi connectivity index (χ0v) is 19.3. The molecule has 0 bridgehead atoms. The number of hydrogen-bond donors (Lipinski definition) is 1. The van der Waals surface area contributed by atoms with E-state index in [0.717, 1.165) is 43.0 Å². The Morgan fingerprint density at radius 2 is 1.94 bits per heavy atom. The van der Waals surface area contributed by atoms with Crippen LogP contribution in [0.15, 0.2) is 40.3 Å². The number of thioether (sulfide) groups is 1. The minimum atomic E-state index is -0.0847. The van der Waals surface area contributed by atoms with Crippen molar-refractivity contribution in [3.05, 3.63) is 46.2 Å². The third-order valence-corrected chi connectivity index (χ3v) is 7.28. The molecule has 3 aromatic rings. The summed E-state index contributed by atoms with van der Waals surface area (Å²) < 4.78 is 2.29. The van der Waals surface area contributed by atoms with Gasteiger partial charge in [-0.25, -0.2) is 4.98 Å². The van der Waals surface area contributed by atoms with Crippen LogP contribution in [0, 0.1) is 0 Å².